The maximum absolute atomic E-state index is 13.3. The van der Waals surface area contributed by atoms with Crippen LogP contribution in [0.2, 0.25) is 0 Å². The standard InChI is InChI=1S/C31H47NO2/c1-21(2)22-12-14-30(7)25(28(22,5)13-9-19-32)11-10-23-24-20-27(3,4)15-17-31(24,26(33)34-8)18-16-29(23,30)6/h10,22,24-25H,1,9,11-18,20H2,2-8H3/t22?,24?,25?,28-,29+,30+,31-/m0/s1. The minimum absolute atomic E-state index is 0.0214. The van der Waals surface area contributed by atoms with Crippen LogP contribution in [0.25, 0.3) is 0 Å². The Hall–Kier alpha value is -1.56. The van der Waals surface area contributed by atoms with Crippen molar-refractivity contribution in [1.82, 2.24) is 0 Å². The third-order valence-electron chi connectivity index (χ3n) is 11.9. The summed E-state index contributed by atoms with van der Waals surface area (Å²) in [5.74, 6) is 1.31. The summed E-state index contributed by atoms with van der Waals surface area (Å²) in [7, 11) is 1.58. The molecule has 0 spiro atoms. The molecule has 0 radical (unpaired) electrons. The van der Waals surface area contributed by atoms with Crippen LogP contribution >= 0.6 is 0 Å². The van der Waals surface area contributed by atoms with E-state index in [0.29, 0.717) is 18.3 Å². The number of hydrogen-bond donors (Lipinski definition) is 0. The molecule has 4 aliphatic rings. The van der Waals surface area contributed by atoms with Crippen LogP contribution in [0.5, 0.6) is 0 Å². The first kappa shape index (κ1) is 25.5. The number of esters is 1. The topological polar surface area (TPSA) is 50.1 Å². The van der Waals surface area contributed by atoms with Gasteiger partial charge in [0.15, 0.2) is 0 Å². The number of nitriles is 1. The van der Waals surface area contributed by atoms with E-state index in [1.807, 2.05) is 0 Å². The average Bonchev–Trinajstić information content (AvgIpc) is 2.77. The second-order valence-electron chi connectivity index (χ2n) is 13.9. The van der Waals surface area contributed by atoms with Gasteiger partial charge in [-0.3, -0.25) is 4.79 Å². The molecular weight excluding hydrogens is 418 g/mol. The Kier molecular flexibility index (Phi) is 6.19. The van der Waals surface area contributed by atoms with Gasteiger partial charge >= 0.3 is 5.97 Å². The molecule has 3 heteroatoms. The normalized spacial score (nSPS) is 45.0. The number of rotatable bonds is 4. The number of methoxy groups -OCH3 is 1. The molecule has 0 bridgehead atoms. The van der Waals surface area contributed by atoms with Crippen molar-refractivity contribution in [2.75, 3.05) is 7.11 Å². The van der Waals surface area contributed by atoms with E-state index in [9.17, 15) is 10.1 Å². The predicted octanol–water partition coefficient (Wildman–Crippen LogP) is 8.02. The summed E-state index contributed by atoms with van der Waals surface area (Å²) >= 11 is 0. The average molecular weight is 466 g/mol. The van der Waals surface area contributed by atoms with Crippen LogP contribution in [0.4, 0.5) is 0 Å². The van der Waals surface area contributed by atoms with Crippen molar-refractivity contribution >= 4 is 5.97 Å². The first-order valence-corrected chi connectivity index (χ1v) is 13.6. The summed E-state index contributed by atoms with van der Waals surface area (Å²) < 4.78 is 5.47. The SMILES string of the molecule is C=C(C)C1CC[C@]2(C)C(CC=C3C4CC(C)(C)CC[C@]4(C(=O)OC)CC[C@]32C)[C@@]1(C)CCC#N. The van der Waals surface area contributed by atoms with E-state index in [2.05, 4.69) is 60.3 Å². The van der Waals surface area contributed by atoms with Crippen molar-refractivity contribution in [1.29, 1.82) is 5.26 Å². The van der Waals surface area contributed by atoms with Gasteiger partial charge in [-0.05, 0) is 104 Å². The fourth-order valence-electron chi connectivity index (χ4n) is 9.66. The lowest BCUT2D eigenvalue weighted by Crippen LogP contribution is -2.62. The molecule has 0 N–H and O–H groups in total. The molecule has 3 fully saturated rings. The van der Waals surface area contributed by atoms with Crippen LogP contribution < -0.4 is 0 Å². The van der Waals surface area contributed by atoms with E-state index < -0.39 is 0 Å². The largest absolute Gasteiger partial charge is 0.469 e. The Morgan fingerprint density at radius 1 is 1.15 bits per heavy atom. The zero-order chi connectivity index (χ0) is 25.2. The molecule has 3 unspecified atom stereocenters. The Bertz CT molecular complexity index is 940. The van der Waals surface area contributed by atoms with Crippen molar-refractivity contribution in [2.24, 2.45) is 44.8 Å². The van der Waals surface area contributed by atoms with Gasteiger partial charge in [-0.25, -0.2) is 0 Å². The van der Waals surface area contributed by atoms with E-state index in [4.69, 9.17) is 4.74 Å². The molecule has 3 nitrogen and oxygen atoms in total. The van der Waals surface area contributed by atoms with Crippen LogP contribution in [0, 0.1) is 56.2 Å². The fourth-order valence-corrected chi connectivity index (χ4v) is 9.66. The first-order valence-electron chi connectivity index (χ1n) is 13.6. The lowest BCUT2D eigenvalue weighted by molar-refractivity contribution is -0.174. The number of ether oxygens (including phenoxy) is 1. The Morgan fingerprint density at radius 2 is 1.82 bits per heavy atom. The molecule has 0 aliphatic heterocycles. The lowest BCUT2D eigenvalue weighted by Gasteiger charge is -2.69. The number of carbonyl (C=O) groups excluding carboxylic acids is 1. The van der Waals surface area contributed by atoms with Crippen molar-refractivity contribution in [3.8, 4) is 6.07 Å². The van der Waals surface area contributed by atoms with Crippen LogP contribution in [0.15, 0.2) is 23.8 Å². The van der Waals surface area contributed by atoms with Crippen LogP contribution in [0.1, 0.15) is 106 Å². The minimum Gasteiger partial charge on any atom is -0.469 e. The molecule has 4 aliphatic carbocycles. The van der Waals surface area contributed by atoms with Crippen molar-refractivity contribution in [3.05, 3.63) is 23.8 Å². The van der Waals surface area contributed by atoms with E-state index in [1.54, 1.807) is 12.7 Å². The number of hydrogen-bond acceptors (Lipinski definition) is 3. The predicted molar refractivity (Wildman–Crippen MR) is 138 cm³/mol. The summed E-state index contributed by atoms with van der Waals surface area (Å²) in [5, 5.41) is 9.49. The molecule has 4 rings (SSSR count). The van der Waals surface area contributed by atoms with Gasteiger partial charge < -0.3 is 4.74 Å². The molecular formula is C31H47NO2. The molecule has 0 saturated heterocycles. The zero-order valence-electron chi connectivity index (χ0n) is 22.9. The maximum atomic E-state index is 13.3. The van der Waals surface area contributed by atoms with Crippen molar-refractivity contribution in [3.63, 3.8) is 0 Å². The minimum atomic E-state index is -0.349. The monoisotopic (exact) mass is 465 g/mol. The van der Waals surface area contributed by atoms with Gasteiger partial charge in [0.25, 0.3) is 0 Å². The Morgan fingerprint density at radius 3 is 2.44 bits per heavy atom. The Labute approximate surface area is 208 Å². The molecule has 0 aromatic rings. The van der Waals surface area contributed by atoms with Crippen molar-refractivity contribution in [2.45, 2.75) is 106 Å². The number of nitrogens with zero attached hydrogens (tertiary/aromatic N) is 1. The first-order chi connectivity index (χ1) is 15.8. The zero-order valence-corrected chi connectivity index (χ0v) is 22.9. The van der Waals surface area contributed by atoms with Crippen LogP contribution in [0.3, 0.4) is 0 Å². The van der Waals surface area contributed by atoms with Gasteiger partial charge in [-0.15, -0.1) is 0 Å². The summed E-state index contributed by atoms with van der Waals surface area (Å²) in [5.41, 5.74) is 3.08. The second kappa shape index (κ2) is 8.25. The molecule has 188 valence electrons. The van der Waals surface area contributed by atoms with Gasteiger partial charge in [0.05, 0.1) is 18.6 Å². The van der Waals surface area contributed by atoms with E-state index >= 15 is 0 Å². The third-order valence-corrected chi connectivity index (χ3v) is 11.9. The molecule has 0 amide bonds. The van der Waals surface area contributed by atoms with Gasteiger partial charge in [0, 0.05) is 6.42 Å². The smallest absolute Gasteiger partial charge is 0.312 e. The second-order valence-corrected chi connectivity index (χ2v) is 13.9. The highest BCUT2D eigenvalue weighted by Crippen LogP contribution is 2.74. The quantitative estimate of drug-likeness (QED) is 0.312. The summed E-state index contributed by atoms with van der Waals surface area (Å²) in [4.78, 5) is 13.3. The molecule has 7 atom stereocenters. The Balaban J connectivity index is 1.83. The number of allylic oxidation sites excluding steroid dienone is 3. The maximum Gasteiger partial charge on any atom is 0.312 e. The van der Waals surface area contributed by atoms with Crippen molar-refractivity contribution < 1.29 is 9.53 Å². The van der Waals surface area contributed by atoms with Crippen LogP contribution in [-0.2, 0) is 9.53 Å². The summed E-state index contributed by atoms with van der Waals surface area (Å²) in [6, 6.07) is 2.45. The van der Waals surface area contributed by atoms with E-state index in [0.717, 1.165) is 51.4 Å². The third kappa shape index (κ3) is 3.37. The highest BCUT2D eigenvalue weighted by atomic mass is 16.5. The van der Waals surface area contributed by atoms with Crippen LogP contribution in [-0.4, -0.2) is 13.1 Å². The number of fused-ring (bicyclic) bond motifs is 5. The number of carbonyl (C=O) groups is 1. The highest BCUT2D eigenvalue weighted by Gasteiger charge is 2.67. The fraction of sp³-hybridized carbons (Fsp3) is 0.806. The molecule has 3 saturated carbocycles. The molecule has 0 aromatic carbocycles. The molecule has 0 aromatic heterocycles. The van der Waals surface area contributed by atoms with Gasteiger partial charge in [-0.2, -0.15) is 5.26 Å². The highest BCUT2D eigenvalue weighted by molar-refractivity contribution is 5.78. The summed E-state index contributed by atoms with van der Waals surface area (Å²) in [6.07, 6.45) is 12.7. The van der Waals surface area contributed by atoms with Gasteiger partial charge in [0.2, 0.25) is 0 Å². The van der Waals surface area contributed by atoms with Gasteiger partial charge in [0.1, 0.15) is 0 Å². The molecule has 0 heterocycles. The van der Waals surface area contributed by atoms with E-state index in [1.165, 1.54) is 12.0 Å². The lowest BCUT2D eigenvalue weighted by atomic mass is 9.35. The van der Waals surface area contributed by atoms with E-state index in [-0.39, 0.29) is 39.0 Å². The summed E-state index contributed by atoms with van der Waals surface area (Å²) in [6.45, 7) is 18.9. The van der Waals surface area contributed by atoms with Gasteiger partial charge in [-0.1, -0.05) is 58.4 Å². The molecule has 34 heavy (non-hydrogen) atoms.